The van der Waals surface area contributed by atoms with Crippen molar-refractivity contribution in [1.82, 2.24) is 0 Å². The van der Waals surface area contributed by atoms with Gasteiger partial charge in [-0.3, -0.25) is 0 Å². The molecule has 1 aromatic carbocycles. The number of benzene rings is 1. The zero-order chi connectivity index (χ0) is 11.0. The minimum absolute atomic E-state index is 0.132. The van der Waals surface area contributed by atoms with E-state index in [0.717, 1.165) is 18.4 Å². The molecule has 0 bridgehead atoms. The maximum atomic E-state index is 13.0. The van der Waals surface area contributed by atoms with Gasteiger partial charge < -0.3 is 5.73 Å². The van der Waals surface area contributed by atoms with Gasteiger partial charge in [0.05, 0.1) is 0 Å². The van der Waals surface area contributed by atoms with E-state index < -0.39 is 0 Å². The molecule has 15 heavy (non-hydrogen) atoms. The predicted molar refractivity (Wildman–Crippen MR) is 60.3 cm³/mol. The third-order valence-electron chi connectivity index (χ3n) is 3.46. The molecule has 0 aromatic heterocycles. The van der Waals surface area contributed by atoms with Crippen molar-refractivity contribution >= 4 is 0 Å². The van der Waals surface area contributed by atoms with Crippen LogP contribution in [0.3, 0.4) is 0 Å². The third kappa shape index (κ3) is 1.91. The van der Waals surface area contributed by atoms with Gasteiger partial charge in [0.15, 0.2) is 0 Å². The van der Waals surface area contributed by atoms with E-state index in [1.165, 1.54) is 5.56 Å². The summed E-state index contributed by atoms with van der Waals surface area (Å²) in [5.74, 6) is 0.763. The Morgan fingerprint density at radius 2 is 2.13 bits per heavy atom. The van der Waals surface area contributed by atoms with Gasteiger partial charge in [-0.15, -0.1) is 0 Å². The van der Waals surface area contributed by atoms with Gasteiger partial charge in [0.25, 0.3) is 0 Å². The van der Waals surface area contributed by atoms with Crippen LogP contribution in [-0.2, 0) is 6.42 Å². The molecule has 0 radical (unpaired) electrons. The largest absolute Gasteiger partial charge is 0.327 e. The highest BCUT2D eigenvalue weighted by Crippen LogP contribution is 2.36. The second kappa shape index (κ2) is 3.93. The molecule has 0 heterocycles. The Morgan fingerprint density at radius 1 is 1.40 bits per heavy atom. The van der Waals surface area contributed by atoms with Gasteiger partial charge in [-0.05, 0) is 47.9 Å². The van der Waals surface area contributed by atoms with E-state index >= 15 is 0 Å². The van der Waals surface area contributed by atoms with Gasteiger partial charge in [0.2, 0.25) is 0 Å². The summed E-state index contributed by atoms with van der Waals surface area (Å²) in [4.78, 5) is 0. The fraction of sp³-hybridized carbons (Fsp3) is 0.538. The molecule has 1 aliphatic rings. The fourth-order valence-electron chi connectivity index (χ4n) is 2.48. The molecule has 0 spiro atoms. The number of halogens is 1. The standard InChI is InChI=1S/C13H18FN/c1-8(2)13(15)12-5-3-9-7-10(14)4-6-11(9)12/h4,6-8,12-13H,3,5,15H2,1-2H3. The third-order valence-corrected chi connectivity index (χ3v) is 3.46. The molecule has 2 unspecified atom stereocenters. The smallest absolute Gasteiger partial charge is 0.123 e. The van der Waals surface area contributed by atoms with Crippen molar-refractivity contribution < 1.29 is 4.39 Å². The molecule has 82 valence electrons. The second-order valence-corrected chi connectivity index (χ2v) is 4.81. The average molecular weight is 207 g/mol. The highest BCUT2D eigenvalue weighted by atomic mass is 19.1. The summed E-state index contributed by atoms with van der Waals surface area (Å²) >= 11 is 0. The topological polar surface area (TPSA) is 26.0 Å². The van der Waals surface area contributed by atoms with E-state index in [9.17, 15) is 4.39 Å². The minimum atomic E-state index is -0.132. The van der Waals surface area contributed by atoms with Crippen molar-refractivity contribution in [2.24, 2.45) is 11.7 Å². The molecule has 2 rings (SSSR count). The predicted octanol–water partition coefficient (Wildman–Crippen LogP) is 2.84. The van der Waals surface area contributed by atoms with Crippen LogP contribution >= 0.6 is 0 Å². The number of fused-ring (bicyclic) bond motifs is 1. The molecular weight excluding hydrogens is 189 g/mol. The first-order valence-electron chi connectivity index (χ1n) is 5.63. The number of nitrogens with two attached hydrogens (primary N) is 1. The van der Waals surface area contributed by atoms with Crippen LogP contribution in [0.1, 0.15) is 37.3 Å². The Labute approximate surface area is 90.5 Å². The van der Waals surface area contributed by atoms with E-state index in [0.29, 0.717) is 11.8 Å². The van der Waals surface area contributed by atoms with E-state index in [1.807, 2.05) is 6.07 Å². The molecule has 2 atom stereocenters. The molecule has 0 amide bonds. The van der Waals surface area contributed by atoms with Gasteiger partial charge in [0, 0.05) is 6.04 Å². The summed E-state index contributed by atoms with van der Waals surface area (Å²) in [6, 6.07) is 5.30. The maximum Gasteiger partial charge on any atom is 0.123 e. The Morgan fingerprint density at radius 3 is 2.80 bits per heavy atom. The summed E-state index contributed by atoms with van der Waals surface area (Å²) in [7, 11) is 0. The fourth-order valence-corrected chi connectivity index (χ4v) is 2.48. The van der Waals surface area contributed by atoms with Crippen LogP contribution in [0.15, 0.2) is 18.2 Å². The number of rotatable bonds is 2. The molecule has 0 fully saturated rings. The lowest BCUT2D eigenvalue weighted by molar-refractivity contribution is 0.414. The number of hydrogen-bond acceptors (Lipinski definition) is 1. The number of hydrogen-bond donors (Lipinski definition) is 1. The summed E-state index contributed by atoms with van der Waals surface area (Å²) in [5.41, 5.74) is 8.59. The monoisotopic (exact) mass is 207 g/mol. The van der Waals surface area contributed by atoms with Crippen LogP contribution in [0, 0.1) is 11.7 Å². The van der Waals surface area contributed by atoms with Gasteiger partial charge in [-0.2, -0.15) is 0 Å². The number of aryl methyl sites for hydroxylation is 1. The van der Waals surface area contributed by atoms with Crippen molar-refractivity contribution in [2.45, 2.75) is 38.6 Å². The van der Waals surface area contributed by atoms with Gasteiger partial charge in [0.1, 0.15) is 5.82 Å². The lowest BCUT2D eigenvalue weighted by Crippen LogP contribution is -2.32. The Kier molecular flexibility index (Phi) is 2.79. The average Bonchev–Trinajstić information content (AvgIpc) is 2.59. The van der Waals surface area contributed by atoms with Gasteiger partial charge in [-0.25, -0.2) is 4.39 Å². The van der Waals surface area contributed by atoms with Crippen LogP contribution in [-0.4, -0.2) is 6.04 Å². The van der Waals surface area contributed by atoms with E-state index in [4.69, 9.17) is 5.73 Å². The summed E-state index contributed by atoms with van der Waals surface area (Å²) < 4.78 is 13.0. The minimum Gasteiger partial charge on any atom is -0.327 e. The molecule has 0 saturated heterocycles. The van der Waals surface area contributed by atoms with Crippen LogP contribution in [0.5, 0.6) is 0 Å². The molecule has 2 heteroatoms. The van der Waals surface area contributed by atoms with Crippen LogP contribution < -0.4 is 5.73 Å². The first kappa shape index (κ1) is 10.6. The second-order valence-electron chi connectivity index (χ2n) is 4.81. The van der Waals surface area contributed by atoms with E-state index in [1.54, 1.807) is 12.1 Å². The summed E-state index contributed by atoms with van der Waals surface area (Å²) in [6.07, 6.45) is 2.04. The van der Waals surface area contributed by atoms with Crippen LogP contribution in [0.4, 0.5) is 4.39 Å². The zero-order valence-electron chi connectivity index (χ0n) is 9.33. The zero-order valence-corrected chi connectivity index (χ0v) is 9.33. The highest BCUT2D eigenvalue weighted by Gasteiger charge is 2.29. The molecule has 0 saturated carbocycles. The normalized spacial score (nSPS) is 21.8. The van der Waals surface area contributed by atoms with Crippen molar-refractivity contribution in [3.8, 4) is 0 Å². The molecular formula is C13H18FN. The van der Waals surface area contributed by atoms with Crippen molar-refractivity contribution in [3.63, 3.8) is 0 Å². The van der Waals surface area contributed by atoms with Crippen LogP contribution in [0.2, 0.25) is 0 Å². The highest BCUT2D eigenvalue weighted by molar-refractivity contribution is 5.36. The van der Waals surface area contributed by atoms with E-state index in [2.05, 4.69) is 13.8 Å². The van der Waals surface area contributed by atoms with Crippen molar-refractivity contribution in [1.29, 1.82) is 0 Å². The Balaban J connectivity index is 2.29. The van der Waals surface area contributed by atoms with Crippen molar-refractivity contribution in [2.75, 3.05) is 0 Å². The quantitative estimate of drug-likeness (QED) is 0.793. The molecule has 2 N–H and O–H groups in total. The first-order valence-corrected chi connectivity index (χ1v) is 5.63. The lowest BCUT2D eigenvalue weighted by Gasteiger charge is -2.23. The lowest BCUT2D eigenvalue weighted by atomic mass is 9.87. The van der Waals surface area contributed by atoms with E-state index in [-0.39, 0.29) is 11.9 Å². The summed E-state index contributed by atoms with van der Waals surface area (Å²) in [5, 5.41) is 0. The van der Waals surface area contributed by atoms with Crippen LogP contribution in [0.25, 0.3) is 0 Å². The molecule has 1 aromatic rings. The van der Waals surface area contributed by atoms with Gasteiger partial charge in [-0.1, -0.05) is 19.9 Å². The summed E-state index contributed by atoms with van der Waals surface area (Å²) in [6.45, 7) is 4.29. The van der Waals surface area contributed by atoms with Gasteiger partial charge >= 0.3 is 0 Å². The molecule has 1 nitrogen and oxygen atoms in total. The van der Waals surface area contributed by atoms with Crippen molar-refractivity contribution in [3.05, 3.63) is 35.1 Å². The molecule has 0 aliphatic heterocycles. The Bertz CT molecular complexity index is 360. The Hall–Kier alpha value is -0.890. The maximum absolute atomic E-state index is 13.0. The SMILES string of the molecule is CC(C)C(N)C1CCc2cc(F)ccc21. The first-order chi connectivity index (χ1) is 7.09. The molecule has 1 aliphatic carbocycles.